The number of nitrogens with zero attached hydrogens (tertiary/aromatic N) is 1. The van der Waals surface area contributed by atoms with E-state index in [-0.39, 0.29) is 22.6 Å². The van der Waals surface area contributed by atoms with Crippen LogP contribution in [0, 0.1) is 10.1 Å². The highest BCUT2D eigenvalue weighted by Gasteiger charge is 2.14. The molecule has 0 aliphatic rings. The molecule has 0 heterocycles. The summed E-state index contributed by atoms with van der Waals surface area (Å²) in [5.41, 5.74) is -0.144. The molecule has 0 N–H and O–H groups in total. The van der Waals surface area contributed by atoms with E-state index in [0.717, 1.165) is 6.07 Å². The molecule has 0 aliphatic heterocycles. The number of nitro groups is 1. The molecule has 5 nitrogen and oxygen atoms in total. The van der Waals surface area contributed by atoms with E-state index >= 15 is 0 Å². The highest BCUT2D eigenvalue weighted by Crippen LogP contribution is 2.18. The topological polar surface area (TPSA) is 77.3 Å². The predicted molar refractivity (Wildman–Crippen MR) is 48.5 cm³/mol. The van der Waals surface area contributed by atoms with Crippen LogP contribution in [-0.2, 0) is 0 Å². The molecule has 0 spiro atoms. The molecule has 14 heavy (non-hydrogen) atoms. The van der Waals surface area contributed by atoms with Crippen molar-refractivity contribution in [1.29, 1.82) is 0 Å². The zero-order valence-electron chi connectivity index (χ0n) is 7.39. The molecule has 5 heteroatoms. The molecule has 1 aromatic carbocycles. The molecule has 0 radical (unpaired) electrons. The Labute approximate surface area is 79.5 Å². The fraction of sp³-hybridized carbons (Fsp3) is 0.111. The summed E-state index contributed by atoms with van der Waals surface area (Å²) < 4.78 is 0. The Kier molecular flexibility index (Phi) is 2.71. The number of Topliss-reactive ketones (excluding diaryl/α,β-unsaturated/α-hetero) is 1. The number of carbonyl (C=O) groups is 2. The van der Waals surface area contributed by atoms with Gasteiger partial charge in [-0.1, -0.05) is 6.07 Å². The summed E-state index contributed by atoms with van der Waals surface area (Å²) in [6, 6.07) is 3.76. The highest BCUT2D eigenvalue weighted by molar-refractivity contribution is 5.96. The number of carbonyl (C=O) groups excluding carboxylic acids is 2. The summed E-state index contributed by atoms with van der Waals surface area (Å²) >= 11 is 0. The maximum Gasteiger partial charge on any atom is 0.280 e. The Bertz CT molecular complexity index is 411. The van der Waals surface area contributed by atoms with Crippen molar-refractivity contribution >= 4 is 17.8 Å². The molecule has 0 bridgehead atoms. The predicted octanol–water partition coefficient (Wildman–Crippen LogP) is 1.61. The summed E-state index contributed by atoms with van der Waals surface area (Å²) in [7, 11) is 0. The van der Waals surface area contributed by atoms with Crippen LogP contribution < -0.4 is 0 Å². The fourth-order valence-electron chi connectivity index (χ4n) is 1.02. The molecule has 0 aromatic heterocycles. The van der Waals surface area contributed by atoms with Crippen molar-refractivity contribution in [3.05, 3.63) is 39.4 Å². The highest BCUT2D eigenvalue weighted by atomic mass is 16.6. The van der Waals surface area contributed by atoms with E-state index in [0.29, 0.717) is 6.29 Å². The van der Waals surface area contributed by atoms with Crippen LogP contribution in [0.25, 0.3) is 0 Å². The van der Waals surface area contributed by atoms with Gasteiger partial charge >= 0.3 is 0 Å². The smallest absolute Gasteiger partial charge is 0.280 e. The van der Waals surface area contributed by atoms with E-state index in [1.54, 1.807) is 0 Å². The van der Waals surface area contributed by atoms with E-state index in [1.807, 2.05) is 0 Å². The van der Waals surface area contributed by atoms with Crippen LogP contribution in [0.5, 0.6) is 0 Å². The van der Waals surface area contributed by atoms with Crippen LogP contribution >= 0.6 is 0 Å². The first-order chi connectivity index (χ1) is 6.56. The Morgan fingerprint density at radius 3 is 2.57 bits per heavy atom. The van der Waals surface area contributed by atoms with Crippen molar-refractivity contribution in [3.8, 4) is 0 Å². The molecular formula is C9H7NO4. The molecule has 0 aliphatic carbocycles. The van der Waals surface area contributed by atoms with Crippen molar-refractivity contribution in [2.45, 2.75) is 6.92 Å². The quantitative estimate of drug-likeness (QED) is 0.316. The van der Waals surface area contributed by atoms with Gasteiger partial charge in [0.2, 0.25) is 0 Å². The fourth-order valence-corrected chi connectivity index (χ4v) is 1.02. The molecule has 0 saturated heterocycles. The van der Waals surface area contributed by atoms with Gasteiger partial charge in [0.05, 0.1) is 10.5 Å². The molecule has 0 saturated carbocycles. The Balaban J connectivity index is 3.34. The van der Waals surface area contributed by atoms with E-state index in [9.17, 15) is 19.7 Å². The lowest BCUT2D eigenvalue weighted by molar-refractivity contribution is -0.385. The minimum Gasteiger partial charge on any atom is -0.298 e. The van der Waals surface area contributed by atoms with Gasteiger partial charge in [0, 0.05) is 11.6 Å². The van der Waals surface area contributed by atoms with Gasteiger partial charge in [-0.3, -0.25) is 19.7 Å². The summed E-state index contributed by atoms with van der Waals surface area (Å²) in [6.07, 6.45) is 0.391. The van der Waals surface area contributed by atoms with Gasteiger partial charge in [0.1, 0.15) is 0 Å². The lowest BCUT2D eigenvalue weighted by atomic mass is 10.1. The molecular weight excluding hydrogens is 186 g/mol. The van der Waals surface area contributed by atoms with Gasteiger partial charge in [-0.2, -0.15) is 0 Å². The summed E-state index contributed by atoms with van der Waals surface area (Å²) in [5, 5.41) is 10.5. The lowest BCUT2D eigenvalue weighted by Gasteiger charge is -1.98. The van der Waals surface area contributed by atoms with Crippen molar-refractivity contribution in [1.82, 2.24) is 0 Å². The zero-order chi connectivity index (χ0) is 10.7. The minimum atomic E-state index is -0.684. The second-order valence-electron chi connectivity index (χ2n) is 2.70. The van der Waals surface area contributed by atoms with E-state index < -0.39 is 4.92 Å². The molecule has 72 valence electrons. The maximum absolute atomic E-state index is 10.9. The Morgan fingerprint density at radius 1 is 1.50 bits per heavy atom. The van der Waals surface area contributed by atoms with Crippen molar-refractivity contribution < 1.29 is 14.5 Å². The molecule has 0 amide bonds. The number of benzene rings is 1. The monoisotopic (exact) mass is 193 g/mol. The third-order valence-electron chi connectivity index (χ3n) is 1.76. The molecule has 1 rings (SSSR count). The summed E-state index contributed by atoms with van der Waals surface area (Å²) in [6.45, 7) is 1.31. The third kappa shape index (κ3) is 1.82. The number of ketones is 1. The van der Waals surface area contributed by atoms with Gasteiger partial charge < -0.3 is 0 Å². The SMILES string of the molecule is CC(=O)c1ccc(C=O)c([N+](=O)[O-])c1. The van der Waals surface area contributed by atoms with Crippen LogP contribution in [-0.4, -0.2) is 17.0 Å². The first kappa shape index (κ1) is 10.0. The van der Waals surface area contributed by atoms with Crippen molar-refractivity contribution in [2.24, 2.45) is 0 Å². The standard InChI is InChI=1S/C9H7NO4/c1-6(12)7-2-3-8(5-11)9(4-7)10(13)14/h2-5H,1H3. The second kappa shape index (κ2) is 3.78. The number of nitro benzene ring substituents is 1. The lowest BCUT2D eigenvalue weighted by Crippen LogP contribution is -1.98. The van der Waals surface area contributed by atoms with Gasteiger partial charge in [0.25, 0.3) is 5.69 Å². The number of rotatable bonds is 3. The molecule has 0 fully saturated rings. The third-order valence-corrected chi connectivity index (χ3v) is 1.76. The van der Waals surface area contributed by atoms with Crippen molar-refractivity contribution in [2.75, 3.05) is 0 Å². The second-order valence-corrected chi connectivity index (χ2v) is 2.70. The van der Waals surface area contributed by atoms with Crippen LogP contribution in [0.4, 0.5) is 5.69 Å². The minimum absolute atomic E-state index is 0.0278. The summed E-state index contributed by atoms with van der Waals surface area (Å²) in [4.78, 5) is 31.1. The average Bonchev–Trinajstić information content (AvgIpc) is 2.16. The van der Waals surface area contributed by atoms with Gasteiger partial charge in [-0.05, 0) is 13.0 Å². The number of aldehydes is 1. The van der Waals surface area contributed by atoms with Crippen LogP contribution in [0.15, 0.2) is 18.2 Å². The van der Waals surface area contributed by atoms with Crippen LogP contribution in [0.3, 0.4) is 0 Å². The normalized spacial score (nSPS) is 9.50. The van der Waals surface area contributed by atoms with E-state index in [1.165, 1.54) is 19.1 Å². The van der Waals surface area contributed by atoms with E-state index in [4.69, 9.17) is 0 Å². The summed E-state index contributed by atoms with van der Waals surface area (Å²) in [5.74, 6) is -0.273. The Hall–Kier alpha value is -2.04. The average molecular weight is 193 g/mol. The van der Waals surface area contributed by atoms with Gasteiger partial charge in [-0.15, -0.1) is 0 Å². The van der Waals surface area contributed by atoms with E-state index in [2.05, 4.69) is 0 Å². The van der Waals surface area contributed by atoms with Crippen LogP contribution in [0.2, 0.25) is 0 Å². The number of hydrogen-bond acceptors (Lipinski definition) is 4. The largest absolute Gasteiger partial charge is 0.298 e. The van der Waals surface area contributed by atoms with Crippen molar-refractivity contribution in [3.63, 3.8) is 0 Å². The first-order valence-corrected chi connectivity index (χ1v) is 3.81. The Morgan fingerprint density at radius 2 is 2.14 bits per heavy atom. The number of hydrogen-bond donors (Lipinski definition) is 0. The molecule has 1 aromatic rings. The van der Waals surface area contributed by atoms with Gasteiger partial charge in [0.15, 0.2) is 12.1 Å². The van der Waals surface area contributed by atoms with Gasteiger partial charge in [-0.25, -0.2) is 0 Å². The molecule has 0 unspecified atom stereocenters. The maximum atomic E-state index is 10.9. The first-order valence-electron chi connectivity index (χ1n) is 3.81. The molecule has 0 atom stereocenters. The zero-order valence-corrected chi connectivity index (χ0v) is 7.39. The van der Waals surface area contributed by atoms with Crippen LogP contribution in [0.1, 0.15) is 27.6 Å².